The van der Waals surface area contributed by atoms with Gasteiger partial charge in [0.1, 0.15) is 0 Å². The van der Waals surface area contributed by atoms with Crippen molar-refractivity contribution in [3.8, 4) is 0 Å². The number of hydrogen-bond donors (Lipinski definition) is 0. The maximum atomic E-state index is 12.5. The van der Waals surface area contributed by atoms with E-state index < -0.39 is 17.5 Å². The van der Waals surface area contributed by atoms with Crippen molar-refractivity contribution in [3.63, 3.8) is 0 Å². The summed E-state index contributed by atoms with van der Waals surface area (Å²) in [6.45, 7) is 0. The molecule has 0 saturated carbocycles. The molecule has 7 heteroatoms. The van der Waals surface area contributed by atoms with Gasteiger partial charge in [0.2, 0.25) is 0 Å². The highest BCUT2D eigenvalue weighted by molar-refractivity contribution is 14.1. The Hall–Kier alpha value is 0.180. The molecule has 0 unspecified atom stereocenters. The predicted molar refractivity (Wildman–Crippen MR) is 67.3 cm³/mol. The molecule has 0 bridgehead atoms. The van der Waals surface area contributed by atoms with Gasteiger partial charge in [-0.1, -0.05) is 27.5 Å². The van der Waals surface area contributed by atoms with Crippen LogP contribution in [0.3, 0.4) is 0 Å². The molecule has 16 heavy (non-hydrogen) atoms. The van der Waals surface area contributed by atoms with Gasteiger partial charge in [-0.3, -0.25) is 4.79 Å². The molecule has 0 atom stereocenters. The minimum absolute atomic E-state index is 0.0164. The second-order valence-corrected chi connectivity index (χ2v) is 4.92. The van der Waals surface area contributed by atoms with E-state index >= 15 is 0 Å². The molecule has 0 saturated heterocycles. The lowest BCUT2D eigenvalue weighted by Gasteiger charge is -2.11. The Morgan fingerprint density at radius 2 is 2.00 bits per heavy atom. The molecule has 0 amide bonds. The van der Waals surface area contributed by atoms with E-state index in [0.717, 1.165) is 12.1 Å². The van der Waals surface area contributed by atoms with E-state index in [2.05, 4.69) is 15.9 Å². The van der Waals surface area contributed by atoms with E-state index in [4.69, 9.17) is 11.6 Å². The largest absolute Gasteiger partial charge is 0.416 e. The molecule has 88 valence electrons. The number of alkyl halides is 4. The number of rotatable bonds is 2. The van der Waals surface area contributed by atoms with E-state index in [0.29, 0.717) is 3.57 Å². The van der Waals surface area contributed by atoms with E-state index in [-0.39, 0.29) is 15.9 Å². The third-order valence-corrected chi connectivity index (χ3v) is 4.07. The zero-order chi connectivity index (χ0) is 12.5. The number of carbonyl (C=O) groups excluding carboxylic acids is 1. The van der Waals surface area contributed by atoms with Gasteiger partial charge < -0.3 is 0 Å². The maximum Gasteiger partial charge on any atom is 0.416 e. The normalized spacial score (nSPS) is 11.6. The summed E-state index contributed by atoms with van der Waals surface area (Å²) in [5.41, 5.74) is -0.931. The average molecular weight is 427 g/mol. The number of hydrogen-bond acceptors (Lipinski definition) is 1. The van der Waals surface area contributed by atoms with Crippen LogP contribution in [0.2, 0.25) is 5.02 Å². The zero-order valence-corrected chi connectivity index (χ0v) is 12.0. The average Bonchev–Trinajstić information content (AvgIpc) is 2.19. The zero-order valence-electron chi connectivity index (χ0n) is 7.54. The monoisotopic (exact) mass is 426 g/mol. The molecule has 0 N–H and O–H groups in total. The fourth-order valence-electron chi connectivity index (χ4n) is 1.03. The summed E-state index contributed by atoms with van der Waals surface area (Å²) in [6, 6.07) is 1.63. The molecule has 0 aliphatic heterocycles. The molecule has 1 aromatic carbocycles. The van der Waals surface area contributed by atoms with Gasteiger partial charge >= 0.3 is 6.18 Å². The van der Waals surface area contributed by atoms with Crippen LogP contribution in [0.4, 0.5) is 13.2 Å². The van der Waals surface area contributed by atoms with Gasteiger partial charge in [-0.25, -0.2) is 0 Å². The van der Waals surface area contributed by atoms with Crippen LogP contribution < -0.4 is 0 Å². The summed E-state index contributed by atoms with van der Waals surface area (Å²) >= 11 is 10.3. The Balaban J connectivity index is 3.39. The summed E-state index contributed by atoms with van der Waals surface area (Å²) in [6.07, 6.45) is -4.50. The van der Waals surface area contributed by atoms with Crippen molar-refractivity contribution in [1.82, 2.24) is 0 Å². The molecule has 0 heterocycles. The lowest BCUT2D eigenvalue weighted by atomic mass is 10.1. The highest BCUT2D eigenvalue weighted by Gasteiger charge is 2.32. The van der Waals surface area contributed by atoms with E-state index in [1.165, 1.54) is 0 Å². The van der Waals surface area contributed by atoms with Crippen LogP contribution in [0.1, 0.15) is 15.9 Å². The first-order chi connectivity index (χ1) is 7.27. The summed E-state index contributed by atoms with van der Waals surface area (Å²) in [7, 11) is 0. The highest BCUT2D eigenvalue weighted by atomic mass is 127. The number of Topliss-reactive ketones (excluding diaryl/α,β-unsaturated/α-hetero) is 1. The third kappa shape index (κ3) is 3.10. The van der Waals surface area contributed by atoms with Gasteiger partial charge in [0.25, 0.3) is 0 Å². The minimum Gasteiger partial charge on any atom is -0.293 e. The quantitative estimate of drug-likeness (QED) is 0.385. The SMILES string of the molecule is O=C(CBr)c1cc(C(F)(F)F)cc(Cl)c1I. The molecule has 1 nitrogen and oxygen atoms in total. The Labute approximate surface area is 117 Å². The summed E-state index contributed by atoms with van der Waals surface area (Å²) in [4.78, 5) is 11.4. The third-order valence-electron chi connectivity index (χ3n) is 1.78. The van der Waals surface area contributed by atoms with Crippen molar-refractivity contribution in [2.24, 2.45) is 0 Å². The van der Waals surface area contributed by atoms with Crippen LogP contribution in [-0.4, -0.2) is 11.1 Å². The molecule has 0 aliphatic rings. The summed E-state index contributed by atoms with van der Waals surface area (Å²) in [5, 5.41) is -0.111. The number of ketones is 1. The van der Waals surface area contributed by atoms with Gasteiger partial charge in [-0.2, -0.15) is 13.2 Å². The topological polar surface area (TPSA) is 17.1 Å². The van der Waals surface area contributed by atoms with Crippen LogP contribution in [0.25, 0.3) is 0 Å². The van der Waals surface area contributed by atoms with Gasteiger partial charge in [0.05, 0.1) is 15.9 Å². The van der Waals surface area contributed by atoms with E-state index in [1.54, 1.807) is 22.6 Å². The standard InChI is InChI=1S/C9H4BrClF3IO/c10-3-7(16)5-1-4(9(12,13)14)2-6(11)8(5)15/h1-2H,3H2. The molecular weight excluding hydrogens is 423 g/mol. The second kappa shape index (κ2) is 5.22. The Bertz CT molecular complexity index is 433. The second-order valence-electron chi connectivity index (χ2n) is 2.87. The molecule has 0 radical (unpaired) electrons. The van der Waals surface area contributed by atoms with Gasteiger partial charge in [0, 0.05) is 9.13 Å². The van der Waals surface area contributed by atoms with Crippen LogP contribution in [0, 0.1) is 3.57 Å². The minimum atomic E-state index is -4.50. The summed E-state index contributed by atoms with van der Waals surface area (Å²) < 4.78 is 37.7. The van der Waals surface area contributed by atoms with Crippen LogP contribution in [0.15, 0.2) is 12.1 Å². The smallest absolute Gasteiger partial charge is 0.293 e. The fourth-order valence-corrected chi connectivity index (χ4v) is 2.16. The van der Waals surface area contributed by atoms with E-state index in [1.807, 2.05) is 0 Å². The molecule has 1 aromatic rings. The van der Waals surface area contributed by atoms with Crippen molar-refractivity contribution in [1.29, 1.82) is 0 Å². The van der Waals surface area contributed by atoms with E-state index in [9.17, 15) is 18.0 Å². The van der Waals surface area contributed by atoms with Gasteiger partial charge in [0.15, 0.2) is 5.78 Å². The molecule has 0 aromatic heterocycles. The van der Waals surface area contributed by atoms with Crippen molar-refractivity contribution in [2.45, 2.75) is 6.18 Å². The maximum absolute atomic E-state index is 12.5. The van der Waals surface area contributed by atoms with Gasteiger partial charge in [-0.05, 0) is 34.7 Å². The Morgan fingerprint density at radius 1 is 1.44 bits per heavy atom. The Kier molecular flexibility index (Phi) is 4.65. The lowest BCUT2D eigenvalue weighted by molar-refractivity contribution is -0.137. The number of carbonyl (C=O) groups is 1. The first-order valence-electron chi connectivity index (χ1n) is 3.92. The first-order valence-corrected chi connectivity index (χ1v) is 6.50. The van der Waals surface area contributed by atoms with Crippen LogP contribution in [0.5, 0.6) is 0 Å². The lowest BCUT2D eigenvalue weighted by Crippen LogP contribution is -2.10. The molecule has 0 aliphatic carbocycles. The fraction of sp³-hybridized carbons (Fsp3) is 0.222. The highest BCUT2D eigenvalue weighted by Crippen LogP contribution is 2.34. The van der Waals surface area contributed by atoms with Crippen molar-refractivity contribution >= 4 is 55.9 Å². The van der Waals surface area contributed by atoms with Crippen LogP contribution in [-0.2, 0) is 6.18 Å². The van der Waals surface area contributed by atoms with Crippen molar-refractivity contribution < 1.29 is 18.0 Å². The Morgan fingerprint density at radius 3 is 2.44 bits per heavy atom. The van der Waals surface area contributed by atoms with Crippen molar-refractivity contribution in [3.05, 3.63) is 31.9 Å². The number of halogens is 6. The summed E-state index contributed by atoms with van der Waals surface area (Å²) in [5.74, 6) is -0.433. The molecule has 1 rings (SSSR count). The predicted octanol–water partition coefficient (Wildman–Crippen LogP) is 4.54. The first kappa shape index (κ1) is 14.2. The molecular formula is C9H4BrClF3IO. The number of benzene rings is 1. The van der Waals surface area contributed by atoms with Crippen molar-refractivity contribution in [2.75, 3.05) is 5.33 Å². The van der Waals surface area contributed by atoms with Gasteiger partial charge in [-0.15, -0.1) is 0 Å². The molecule has 0 fully saturated rings. The van der Waals surface area contributed by atoms with Crippen LogP contribution >= 0.6 is 50.1 Å². The molecule has 0 spiro atoms.